The normalized spacial score (nSPS) is 12.2. The Balaban J connectivity index is 2.38. The van der Waals surface area contributed by atoms with E-state index in [1.165, 1.54) is 0 Å². The Hall–Kier alpha value is -1.26. The third-order valence-electron chi connectivity index (χ3n) is 3.14. The van der Waals surface area contributed by atoms with E-state index in [1.807, 2.05) is 36.4 Å². The molecule has 0 radical (unpaired) electrons. The Labute approximate surface area is 135 Å². The van der Waals surface area contributed by atoms with Gasteiger partial charge in [0.15, 0.2) is 0 Å². The second-order valence-corrected chi connectivity index (χ2v) is 5.47. The number of nitrogens with two attached hydrogens (primary N) is 1. The van der Waals surface area contributed by atoms with Crippen LogP contribution in [0.4, 0.5) is 0 Å². The molecule has 0 aliphatic rings. The number of hydrazine groups is 1. The molecule has 3 N–H and O–H groups in total. The van der Waals surface area contributed by atoms with Crippen molar-refractivity contribution in [1.29, 1.82) is 0 Å². The first-order chi connectivity index (χ1) is 10.2. The van der Waals surface area contributed by atoms with Gasteiger partial charge in [-0.05, 0) is 30.2 Å². The number of para-hydroxylation sites is 1. The van der Waals surface area contributed by atoms with Crippen LogP contribution in [0.15, 0.2) is 42.5 Å². The molecule has 112 valence electrons. The van der Waals surface area contributed by atoms with Crippen molar-refractivity contribution >= 4 is 23.2 Å². The van der Waals surface area contributed by atoms with Gasteiger partial charge in [0.2, 0.25) is 0 Å². The number of benzene rings is 2. The molecule has 21 heavy (non-hydrogen) atoms. The molecule has 1 unspecified atom stereocenters. The van der Waals surface area contributed by atoms with Crippen LogP contribution in [0.5, 0.6) is 5.75 Å². The molecule has 0 spiro atoms. The van der Waals surface area contributed by atoms with Crippen LogP contribution in [0.1, 0.15) is 30.5 Å². The summed E-state index contributed by atoms with van der Waals surface area (Å²) in [5.74, 6) is 6.55. The molecule has 0 saturated carbocycles. The summed E-state index contributed by atoms with van der Waals surface area (Å²) in [7, 11) is 0. The molecule has 0 amide bonds. The van der Waals surface area contributed by atoms with E-state index in [2.05, 4.69) is 12.3 Å². The molecular formula is C16H18Cl2N2O. The Morgan fingerprint density at radius 2 is 1.90 bits per heavy atom. The first kappa shape index (κ1) is 16.1. The molecule has 3 nitrogen and oxygen atoms in total. The monoisotopic (exact) mass is 324 g/mol. The van der Waals surface area contributed by atoms with Crippen molar-refractivity contribution in [3.63, 3.8) is 0 Å². The maximum atomic E-state index is 6.09. The summed E-state index contributed by atoms with van der Waals surface area (Å²) in [5.41, 5.74) is 4.71. The van der Waals surface area contributed by atoms with Gasteiger partial charge in [-0.1, -0.05) is 54.4 Å². The van der Waals surface area contributed by atoms with E-state index in [-0.39, 0.29) is 6.04 Å². The highest BCUT2D eigenvalue weighted by atomic mass is 35.5. The lowest BCUT2D eigenvalue weighted by Crippen LogP contribution is -2.29. The van der Waals surface area contributed by atoms with Gasteiger partial charge < -0.3 is 4.74 Å². The number of hydrogen-bond donors (Lipinski definition) is 2. The molecule has 0 fully saturated rings. The number of hydrogen-bond acceptors (Lipinski definition) is 3. The molecule has 0 aliphatic heterocycles. The summed E-state index contributed by atoms with van der Waals surface area (Å²) >= 11 is 12.1. The molecule has 2 aromatic carbocycles. The van der Waals surface area contributed by atoms with Gasteiger partial charge in [0.25, 0.3) is 0 Å². The Morgan fingerprint density at radius 3 is 2.57 bits per heavy atom. The van der Waals surface area contributed by atoms with Crippen molar-refractivity contribution in [2.24, 2.45) is 5.84 Å². The van der Waals surface area contributed by atoms with Crippen LogP contribution in [0.25, 0.3) is 0 Å². The molecular weight excluding hydrogens is 307 g/mol. The second kappa shape index (κ2) is 7.66. The minimum atomic E-state index is -0.215. The van der Waals surface area contributed by atoms with Crippen LogP contribution in [0.3, 0.4) is 0 Å². The smallest absolute Gasteiger partial charge is 0.124 e. The highest BCUT2D eigenvalue weighted by Gasteiger charge is 2.17. The molecule has 1 atom stereocenters. The minimum absolute atomic E-state index is 0.215. The van der Waals surface area contributed by atoms with Gasteiger partial charge in [0.05, 0.1) is 22.7 Å². The Kier molecular flexibility index (Phi) is 5.88. The third kappa shape index (κ3) is 3.89. The predicted octanol–water partition coefficient (Wildman–Crippen LogP) is 4.33. The lowest BCUT2D eigenvalue weighted by Gasteiger charge is -2.20. The molecule has 0 aromatic heterocycles. The number of rotatable bonds is 6. The van der Waals surface area contributed by atoms with Crippen LogP contribution < -0.4 is 16.0 Å². The molecule has 0 aliphatic carbocycles. The summed E-state index contributed by atoms with van der Waals surface area (Å²) in [6.07, 6.45) is 0.946. The van der Waals surface area contributed by atoms with Gasteiger partial charge in [-0.15, -0.1) is 0 Å². The standard InChI is InChI=1S/C16H18Cl2N2O/c1-2-9-21-15-6-4-3-5-12(15)16(20-19)11-7-8-13(17)14(18)10-11/h3-8,10,16,20H,2,9,19H2,1H3. The van der Waals surface area contributed by atoms with Gasteiger partial charge in [-0.3, -0.25) is 5.84 Å². The van der Waals surface area contributed by atoms with Gasteiger partial charge >= 0.3 is 0 Å². The number of halogens is 2. The zero-order valence-electron chi connectivity index (χ0n) is 11.8. The average Bonchev–Trinajstić information content (AvgIpc) is 2.50. The van der Waals surface area contributed by atoms with Gasteiger partial charge in [0.1, 0.15) is 5.75 Å². The third-order valence-corrected chi connectivity index (χ3v) is 3.87. The lowest BCUT2D eigenvalue weighted by molar-refractivity contribution is 0.311. The molecule has 0 bridgehead atoms. The van der Waals surface area contributed by atoms with Gasteiger partial charge in [-0.2, -0.15) is 0 Å². The molecule has 2 aromatic rings. The van der Waals surface area contributed by atoms with E-state index in [0.29, 0.717) is 16.7 Å². The molecule has 0 saturated heterocycles. The summed E-state index contributed by atoms with van der Waals surface area (Å²) in [4.78, 5) is 0. The van der Waals surface area contributed by atoms with Crippen molar-refractivity contribution in [1.82, 2.24) is 5.43 Å². The van der Waals surface area contributed by atoms with E-state index >= 15 is 0 Å². The van der Waals surface area contributed by atoms with E-state index in [4.69, 9.17) is 33.8 Å². The highest BCUT2D eigenvalue weighted by molar-refractivity contribution is 6.42. The molecule has 0 heterocycles. The van der Waals surface area contributed by atoms with Crippen LogP contribution in [-0.2, 0) is 0 Å². The maximum Gasteiger partial charge on any atom is 0.124 e. The predicted molar refractivity (Wildman–Crippen MR) is 87.9 cm³/mol. The van der Waals surface area contributed by atoms with Crippen molar-refractivity contribution in [2.45, 2.75) is 19.4 Å². The van der Waals surface area contributed by atoms with Crippen LogP contribution in [-0.4, -0.2) is 6.61 Å². The van der Waals surface area contributed by atoms with Crippen LogP contribution in [0, 0.1) is 0 Å². The summed E-state index contributed by atoms with van der Waals surface area (Å²) < 4.78 is 5.79. The number of nitrogens with one attached hydrogen (secondary N) is 1. The molecule has 5 heteroatoms. The second-order valence-electron chi connectivity index (χ2n) is 4.66. The fourth-order valence-electron chi connectivity index (χ4n) is 2.12. The van der Waals surface area contributed by atoms with Crippen molar-refractivity contribution < 1.29 is 4.74 Å². The largest absolute Gasteiger partial charge is 0.493 e. The first-order valence-corrected chi connectivity index (χ1v) is 7.55. The zero-order chi connectivity index (χ0) is 15.2. The average molecular weight is 325 g/mol. The summed E-state index contributed by atoms with van der Waals surface area (Å²) in [5, 5.41) is 1.02. The zero-order valence-corrected chi connectivity index (χ0v) is 13.3. The molecule has 2 rings (SSSR count). The fraction of sp³-hybridized carbons (Fsp3) is 0.250. The SMILES string of the molecule is CCCOc1ccccc1C(NN)c1ccc(Cl)c(Cl)c1. The first-order valence-electron chi connectivity index (χ1n) is 6.80. The summed E-state index contributed by atoms with van der Waals surface area (Å²) in [6, 6.07) is 13.1. The quantitative estimate of drug-likeness (QED) is 0.614. The van der Waals surface area contributed by atoms with Crippen molar-refractivity contribution in [3.05, 3.63) is 63.6 Å². The number of ether oxygens (including phenoxy) is 1. The topological polar surface area (TPSA) is 47.3 Å². The van der Waals surface area contributed by atoms with Crippen LogP contribution >= 0.6 is 23.2 Å². The van der Waals surface area contributed by atoms with Gasteiger partial charge in [0, 0.05) is 5.56 Å². The highest BCUT2D eigenvalue weighted by Crippen LogP contribution is 2.32. The van der Waals surface area contributed by atoms with E-state index in [9.17, 15) is 0 Å². The van der Waals surface area contributed by atoms with E-state index in [1.54, 1.807) is 6.07 Å². The van der Waals surface area contributed by atoms with Gasteiger partial charge in [-0.25, -0.2) is 5.43 Å². The van der Waals surface area contributed by atoms with E-state index in [0.717, 1.165) is 23.3 Å². The Bertz CT molecular complexity index is 605. The fourth-order valence-corrected chi connectivity index (χ4v) is 2.43. The maximum absolute atomic E-state index is 6.09. The van der Waals surface area contributed by atoms with Crippen molar-refractivity contribution in [3.8, 4) is 5.75 Å². The lowest BCUT2D eigenvalue weighted by atomic mass is 9.98. The summed E-state index contributed by atoms with van der Waals surface area (Å²) in [6.45, 7) is 2.73. The van der Waals surface area contributed by atoms with Crippen LogP contribution in [0.2, 0.25) is 10.0 Å². The minimum Gasteiger partial charge on any atom is -0.493 e. The Morgan fingerprint density at radius 1 is 1.14 bits per heavy atom. The van der Waals surface area contributed by atoms with Crippen molar-refractivity contribution in [2.75, 3.05) is 6.61 Å². The van der Waals surface area contributed by atoms with E-state index < -0.39 is 0 Å².